The number of urea groups is 1. The zero-order chi connectivity index (χ0) is 22.0. The molecule has 2 aromatic rings. The molecule has 3 N–H and O–H groups in total. The third kappa shape index (κ3) is 7.18. The van der Waals surface area contributed by atoms with Crippen LogP contribution in [0.25, 0.3) is 0 Å². The topological polar surface area (TPSA) is 140 Å². The van der Waals surface area contributed by atoms with Crippen LogP contribution in [0.15, 0.2) is 59.5 Å². The molecule has 0 atom stereocenters. The number of rotatable bonds is 9. The van der Waals surface area contributed by atoms with Gasteiger partial charge in [0.2, 0.25) is 0 Å². The minimum absolute atomic E-state index is 0.0283. The minimum atomic E-state index is -3.82. The maximum atomic E-state index is 12.4. The Hall–Kier alpha value is -3.44. The Morgan fingerprint density at radius 1 is 1.00 bits per heavy atom. The standard InChI is InChI=1S/C19H21N3O7S/c1-28-11-10-20-19(25)21-17(23)13-29-18(24)14-6-5-7-15(12-14)22-30(26,27)16-8-3-2-4-9-16/h2-9,12,22H,10-11,13H2,1H3,(H2,20,21,23,25). The van der Waals surface area contributed by atoms with Crippen molar-refractivity contribution in [3.05, 3.63) is 60.2 Å². The molecule has 10 nitrogen and oxygen atoms in total. The molecule has 160 valence electrons. The van der Waals surface area contributed by atoms with Crippen LogP contribution in [0.4, 0.5) is 10.5 Å². The lowest BCUT2D eigenvalue weighted by molar-refractivity contribution is -0.123. The molecule has 0 aliphatic rings. The lowest BCUT2D eigenvalue weighted by Crippen LogP contribution is -2.42. The summed E-state index contributed by atoms with van der Waals surface area (Å²) in [7, 11) is -2.36. The number of ether oxygens (including phenoxy) is 2. The fourth-order valence-electron chi connectivity index (χ4n) is 2.21. The van der Waals surface area contributed by atoms with Gasteiger partial charge in [-0.15, -0.1) is 0 Å². The first-order valence-corrected chi connectivity index (χ1v) is 10.2. The number of hydrogen-bond donors (Lipinski definition) is 3. The van der Waals surface area contributed by atoms with Crippen LogP contribution in [0.2, 0.25) is 0 Å². The van der Waals surface area contributed by atoms with E-state index in [1.807, 2.05) is 5.32 Å². The molecule has 0 bridgehead atoms. The second kappa shape index (κ2) is 10.9. The normalized spacial score (nSPS) is 10.7. The van der Waals surface area contributed by atoms with Crippen LogP contribution >= 0.6 is 0 Å². The van der Waals surface area contributed by atoms with Crippen LogP contribution in [0.5, 0.6) is 0 Å². The highest BCUT2D eigenvalue weighted by atomic mass is 32.2. The van der Waals surface area contributed by atoms with Crippen molar-refractivity contribution in [3.63, 3.8) is 0 Å². The third-order valence-electron chi connectivity index (χ3n) is 3.58. The lowest BCUT2D eigenvalue weighted by atomic mass is 10.2. The molecule has 11 heteroatoms. The number of amides is 3. The van der Waals surface area contributed by atoms with Gasteiger partial charge < -0.3 is 14.8 Å². The molecule has 0 fully saturated rings. The number of hydrogen-bond acceptors (Lipinski definition) is 7. The van der Waals surface area contributed by atoms with E-state index in [2.05, 4.69) is 10.0 Å². The second-order valence-corrected chi connectivity index (χ2v) is 7.55. The Morgan fingerprint density at radius 2 is 1.73 bits per heavy atom. The number of carbonyl (C=O) groups is 3. The van der Waals surface area contributed by atoms with Gasteiger partial charge in [-0.3, -0.25) is 14.8 Å². The van der Waals surface area contributed by atoms with E-state index in [-0.39, 0.29) is 29.3 Å². The molecule has 0 radical (unpaired) electrons. The third-order valence-corrected chi connectivity index (χ3v) is 4.98. The first-order valence-electron chi connectivity index (χ1n) is 8.73. The molecular formula is C19H21N3O7S. The molecule has 0 aliphatic heterocycles. The zero-order valence-electron chi connectivity index (χ0n) is 16.1. The molecule has 0 unspecified atom stereocenters. The largest absolute Gasteiger partial charge is 0.452 e. The average Bonchev–Trinajstić information content (AvgIpc) is 2.72. The van der Waals surface area contributed by atoms with Crippen molar-refractivity contribution in [2.24, 2.45) is 0 Å². The highest BCUT2D eigenvalue weighted by Crippen LogP contribution is 2.17. The van der Waals surface area contributed by atoms with Gasteiger partial charge in [0.05, 0.1) is 17.1 Å². The van der Waals surface area contributed by atoms with Gasteiger partial charge in [0.25, 0.3) is 15.9 Å². The molecule has 0 aliphatic carbocycles. The first kappa shape index (κ1) is 22.8. The predicted octanol–water partition coefficient (Wildman–Crippen LogP) is 1.12. The Balaban J connectivity index is 1.91. The number of imide groups is 1. The first-order chi connectivity index (χ1) is 14.3. The van der Waals surface area contributed by atoms with Crippen LogP contribution in [0.3, 0.4) is 0 Å². The predicted molar refractivity (Wildman–Crippen MR) is 107 cm³/mol. The van der Waals surface area contributed by atoms with E-state index in [9.17, 15) is 22.8 Å². The van der Waals surface area contributed by atoms with Crippen LogP contribution in [-0.4, -0.2) is 53.2 Å². The quantitative estimate of drug-likeness (QED) is 0.396. The minimum Gasteiger partial charge on any atom is -0.452 e. The van der Waals surface area contributed by atoms with Gasteiger partial charge in [-0.1, -0.05) is 24.3 Å². The Bertz CT molecular complexity index is 994. The van der Waals surface area contributed by atoms with Crippen molar-refractivity contribution in [1.29, 1.82) is 0 Å². The molecule has 2 rings (SSSR count). The highest BCUT2D eigenvalue weighted by Gasteiger charge is 2.16. The van der Waals surface area contributed by atoms with E-state index in [0.29, 0.717) is 0 Å². The number of nitrogens with one attached hydrogen (secondary N) is 3. The summed E-state index contributed by atoms with van der Waals surface area (Å²) >= 11 is 0. The Morgan fingerprint density at radius 3 is 2.43 bits per heavy atom. The fraction of sp³-hybridized carbons (Fsp3) is 0.211. The van der Waals surface area contributed by atoms with Gasteiger partial charge in [-0.2, -0.15) is 0 Å². The number of methoxy groups -OCH3 is 1. The van der Waals surface area contributed by atoms with Crippen molar-refractivity contribution < 1.29 is 32.3 Å². The monoisotopic (exact) mass is 435 g/mol. The van der Waals surface area contributed by atoms with Gasteiger partial charge in [-0.05, 0) is 30.3 Å². The average molecular weight is 435 g/mol. The van der Waals surface area contributed by atoms with Crippen LogP contribution < -0.4 is 15.4 Å². The van der Waals surface area contributed by atoms with E-state index in [0.717, 1.165) is 0 Å². The summed E-state index contributed by atoms with van der Waals surface area (Å²) < 4.78 is 36.7. The molecule has 0 aromatic heterocycles. The maximum Gasteiger partial charge on any atom is 0.338 e. The number of esters is 1. The molecule has 3 amide bonds. The second-order valence-electron chi connectivity index (χ2n) is 5.87. The number of carbonyl (C=O) groups excluding carboxylic acids is 3. The molecule has 0 heterocycles. The van der Waals surface area contributed by atoms with Gasteiger partial charge in [-0.25, -0.2) is 18.0 Å². The Labute approximate surface area is 173 Å². The Kier molecular flexibility index (Phi) is 8.32. The molecule has 2 aromatic carbocycles. The van der Waals surface area contributed by atoms with Gasteiger partial charge in [0.1, 0.15) is 0 Å². The summed E-state index contributed by atoms with van der Waals surface area (Å²) in [6.45, 7) is -0.196. The molecule has 0 spiro atoms. The molecule has 0 saturated heterocycles. The van der Waals surface area contributed by atoms with E-state index < -0.39 is 34.5 Å². The summed E-state index contributed by atoms with van der Waals surface area (Å²) in [5, 5.41) is 4.37. The van der Waals surface area contributed by atoms with Gasteiger partial charge >= 0.3 is 12.0 Å². The van der Waals surface area contributed by atoms with Gasteiger partial charge in [0.15, 0.2) is 6.61 Å². The maximum absolute atomic E-state index is 12.4. The van der Waals surface area contributed by atoms with Crippen LogP contribution in [0.1, 0.15) is 10.4 Å². The van der Waals surface area contributed by atoms with E-state index in [1.165, 1.54) is 43.5 Å². The number of anilines is 1. The number of sulfonamides is 1. The van der Waals surface area contributed by atoms with E-state index in [4.69, 9.17) is 9.47 Å². The van der Waals surface area contributed by atoms with Crippen LogP contribution in [0, 0.1) is 0 Å². The summed E-state index contributed by atoms with van der Waals surface area (Å²) in [5.74, 6) is -1.68. The van der Waals surface area contributed by atoms with Crippen molar-refractivity contribution in [2.75, 3.05) is 31.6 Å². The van der Waals surface area contributed by atoms with Crippen LogP contribution in [-0.2, 0) is 24.3 Å². The van der Waals surface area contributed by atoms with Gasteiger partial charge in [0, 0.05) is 19.3 Å². The molecule has 0 saturated carbocycles. The zero-order valence-corrected chi connectivity index (χ0v) is 16.9. The smallest absolute Gasteiger partial charge is 0.338 e. The van der Waals surface area contributed by atoms with Crippen molar-refractivity contribution >= 4 is 33.6 Å². The van der Waals surface area contributed by atoms with E-state index in [1.54, 1.807) is 18.2 Å². The lowest BCUT2D eigenvalue weighted by Gasteiger charge is -2.10. The van der Waals surface area contributed by atoms with Crippen molar-refractivity contribution in [3.8, 4) is 0 Å². The van der Waals surface area contributed by atoms with Crippen molar-refractivity contribution in [2.45, 2.75) is 4.90 Å². The summed E-state index contributed by atoms with van der Waals surface area (Å²) in [6.07, 6.45) is 0. The summed E-state index contributed by atoms with van der Waals surface area (Å²) in [6, 6.07) is 12.6. The molecular weight excluding hydrogens is 414 g/mol. The summed E-state index contributed by atoms with van der Waals surface area (Å²) in [5.41, 5.74) is 0.177. The van der Waals surface area contributed by atoms with E-state index >= 15 is 0 Å². The summed E-state index contributed by atoms with van der Waals surface area (Å²) in [4.78, 5) is 35.3. The number of benzene rings is 2. The highest BCUT2D eigenvalue weighted by molar-refractivity contribution is 7.92. The molecule has 30 heavy (non-hydrogen) atoms. The fourth-order valence-corrected chi connectivity index (χ4v) is 3.28. The SMILES string of the molecule is COCCNC(=O)NC(=O)COC(=O)c1cccc(NS(=O)(=O)c2ccccc2)c1. The van der Waals surface area contributed by atoms with Crippen molar-refractivity contribution in [1.82, 2.24) is 10.6 Å².